The van der Waals surface area contributed by atoms with Crippen LogP contribution in [0.1, 0.15) is 53.1 Å². The molecule has 0 bridgehead atoms. The van der Waals surface area contributed by atoms with Gasteiger partial charge in [-0.05, 0) is 51.0 Å². The number of H-pyrrole nitrogens is 2. The zero-order valence-corrected chi connectivity index (χ0v) is 18.0. The van der Waals surface area contributed by atoms with Gasteiger partial charge in [-0.1, -0.05) is 18.1 Å². The molecule has 0 radical (unpaired) electrons. The van der Waals surface area contributed by atoms with Crippen LogP contribution in [0, 0.1) is 17.3 Å². The number of anilines is 1. The standard InChI is InChI=1S/C24H22N6O2/c1-24(2,3)11-10-15-6-4-9-18(27-15)22(32)30-23-28-17-8-5-7-16(21(17)29-23)19(31)14-20-25-12-13-26-20/h4-9,12-13H,14H2,1-3H3,(H,25,26)(H2,28,29,30,32). The average molecular weight is 426 g/mol. The summed E-state index contributed by atoms with van der Waals surface area (Å²) in [6.07, 6.45) is 3.40. The molecular formula is C24H22N6O2. The van der Waals surface area contributed by atoms with Crippen molar-refractivity contribution in [3.63, 3.8) is 0 Å². The van der Waals surface area contributed by atoms with Crippen molar-refractivity contribution in [3.05, 3.63) is 71.6 Å². The number of carbonyl (C=O) groups excluding carboxylic acids is 2. The second-order valence-electron chi connectivity index (χ2n) is 8.29. The maximum atomic E-state index is 12.7. The number of amides is 1. The van der Waals surface area contributed by atoms with Crippen molar-refractivity contribution in [3.8, 4) is 11.8 Å². The molecule has 3 N–H and O–H groups in total. The van der Waals surface area contributed by atoms with Crippen LogP contribution >= 0.6 is 0 Å². The lowest BCUT2D eigenvalue weighted by atomic mass is 9.98. The van der Waals surface area contributed by atoms with Crippen molar-refractivity contribution in [1.29, 1.82) is 0 Å². The van der Waals surface area contributed by atoms with Crippen molar-refractivity contribution in [2.24, 2.45) is 5.41 Å². The first-order valence-corrected chi connectivity index (χ1v) is 10.1. The topological polar surface area (TPSA) is 116 Å². The van der Waals surface area contributed by atoms with Crippen LogP contribution in [0.4, 0.5) is 5.95 Å². The molecule has 0 saturated carbocycles. The number of para-hydroxylation sites is 1. The van der Waals surface area contributed by atoms with Crippen molar-refractivity contribution >= 4 is 28.7 Å². The minimum Gasteiger partial charge on any atom is -0.348 e. The van der Waals surface area contributed by atoms with Crippen LogP contribution in [-0.4, -0.2) is 36.6 Å². The summed E-state index contributed by atoms with van der Waals surface area (Å²) >= 11 is 0. The van der Waals surface area contributed by atoms with Crippen LogP contribution in [0.25, 0.3) is 11.0 Å². The van der Waals surface area contributed by atoms with Crippen LogP contribution in [0.3, 0.4) is 0 Å². The number of nitrogens with one attached hydrogen (secondary N) is 3. The van der Waals surface area contributed by atoms with Gasteiger partial charge in [-0.25, -0.2) is 15.0 Å². The van der Waals surface area contributed by atoms with E-state index in [2.05, 4.69) is 42.1 Å². The number of imidazole rings is 2. The van der Waals surface area contributed by atoms with Gasteiger partial charge in [-0.3, -0.25) is 14.9 Å². The molecule has 0 spiro atoms. The molecule has 0 atom stereocenters. The zero-order chi connectivity index (χ0) is 22.7. The van der Waals surface area contributed by atoms with Gasteiger partial charge >= 0.3 is 0 Å². The highest BCUT2D eigenvalue weighted by molar-refractivity contribution is 6.08. The van der Waals surface area contributed by atoms with E-state index in [1.807, 2.05) is 20.8 Å². The molecule has 0 unspecified atom stereocenters. The van der Waals surface area contributed by atoms with E-state index in [9.17, 15) is 9.59 Å². The number of ketones is 1. The van der Waals surface area contributed by atoms with E-state index in [0.717, 1.165) is 0 Å². The molecule has 0 aliphatic heterocycles. The van der Waals surface area contributed by atoms with Crippen molar-refractivity contribution < 1.29 is 9.59 Å². The summed E-state index contributed by atoms with van der Waals surface area (Å²) in [6.45, 7) is 6.02. The Morgan fingerprint density at radius 1 is 1.09 bits per heavy atom. The summed E-state index contributed by atoms with van der Waals surface area (Å²) in [5, 5.41) is 2.71. The van der Waals surface area contributed by atoms with E-state index >= 15 is 0 Å². The molecule has 8 nitrogen and oxygen atoms in total. The van der Waals surface area contributed by atoms with Crippen LogP contribution < -0.4 is 5.32 Å². The Hall–Kier alpha value is -4.25. The molecule has 160 valence electrons. The third-order valence-corrected chi connectivity index (χ3v) is 4.48. The van der Waals surface area contributed by atoms with Gasteiger partial charge in [0, 0.05) is 23.4 Å². The highest BCUT2D eigenvalue weighted by Gasteiger charge is 2.17. The van der Waals surface area contributed by atoms with E-state index in [1.54, 1.807) is 48.8 Å². The normalized spacial score (nSPS) is 11.1. The van der Waals surface area contributed by atoms with Crippen LogP contribution in [0.2, 0.25) is 0 Å². The van der Waals surface area contributed by atoms with Gasteiger partial charge in [-0.15, -0.1) is 0 Å². The molecule has 0 aliphatic rings. The predicted molar refractivity (Wildman–Crippen MR) is 121 cm³/mol. The SMILES string of the molecule is CC(C)(C)C#Cc1cccc(C(=O)Nc2nc3c(C(=O)Cc4ncc[nH]4)cccc3[nH]2)n1. The minimum atomic E-state index is -0.424. The van der Waals surface area contributed by atoms with E-state index in [1.165, 1.54) is 0 Å². The predicted octanol–water partition coefficient (Wildman–Crippen LogP) is 3.76. The first kappa shape index (κ1) is 21.0. The Labute approximate surface area is 184 Å². The summed E-state index contributed by atoms with van der Waals surface area (Å²) < 4.78 is 0. The molecule has 3 aromatic heterocycles. The van der Waals surface area contributed by atoms with Crippen LogP contribution in [-0.2, 0) is 6.42 Å². The van der Waals surface area contributed by atoms with Crippen LogP contribution in [0.5, 0.6) is 0 Å². The largest absolute Gasteiger partial charge is 0.348 e. The number of Topliss-reactive ketones (excluding diaryl/α,β-unsaturated/α-hetero) is 1. The Balaban J connectivity index is 1.55. The van der Waals surface area contributed by atoms with Gasteiger partial charge in [0.15, 0.2) is 5.78 Å². The summed E-state index contributed by atoms with van der Waals surface area (Å²) in [5.41, 5.74) is 2.15. The Morgan fingerprint density at radius 2 is 1.91 bits per heavy atom. The second-order valence-corrected chi connectivity index (χ2v) is 8.29. The zero-order valence-electron chi connectivity index (χ0n) is 18.0. The fraction of sp³-hybridized carbons (Fsp3) is 0.208. The molecule has 1 amide bonds. The number of carbonyl (C=O) groups is 2. The maximum absolute atomic E-state index is 12.7. The summed E-state index contributed by atoms with van der Waals surface area (Å²) in [6, 6.07) is 10.4. The lowest BCUT2D eigenvalue weighted by Crippen LogP contribution is -2.15. The summed E-state index contributed by atoms with van der Waals surface area (Å²) in [7, 11) is 0. The number of nitrogens with zero attached hydrogens (tertiary/aromatic N) is 3. The van der Waals surface area contributed by atoms with Gasteiger partial charge in [0.2, 0.25) is 5.95 Å². The molecule has 1 aromatic carbocycles. The maximum Gasteiger partial charge on any atom is 0.276 e. The average Bonchev–Trinajstić information content (AvgIpc) is 3.40. The number of fused-ring (bicyclic) bond motifs is 1. The van der Waals surface area contributed by atoms with Gasteiger partial charge in [0.25, 0.3) is 5.91 Å². The van der Waals surface area contributed by atoms with Gasteiger partial charge in [0.1, 0.15) is 22.7 Å². The van der Waals surface area contributed by atoms with Gasteiger partial charge in [-0.2, -0.15) is 0 Å². The number of pyridine rings is 1. The second kappa shape index (κ2) is 8.47. The number of benzene rings is 1. The number of hydrogen-bond acceptors (Lipinski definition) is 5. The molecule has 4 rings (SSSR count). The first-order valence-electron chi connectivity index (χ1n) is 10.1. The Bertz CT molecular complexity index is 1350. The van der Waals surface area contributed by atoms with Crippen molar-refractivity contribution in [2.75, 3.05) is 5.32 Å². The summed E-state index contributed by atoms with van der Waals surface area (Å²) in [5.74, 6) is 6.36. The fourth-order valence-corrected chi connectivity index (χ4v) is 3.01. The van der Waals surface area contributed by atoms with Gasteiger partial charge in [0.05, 0.1) is 11.9 Å². The monoisotopic (exact) mass is 426 g/mol. The molecule has 8 heteroatoms. The Kier molecular flexibility index (Phi) is 5.56. The van der Waals surface area contributed by atoms with E-state index in [0.29, 0.717) is 28.1 Å². The minimum absolute atomic E-state index is 0.123. The van der Waals surface area contributed by atoms with Crippen LogP contribution in [0.15, 0.2) is 48.8 Å². The number of aromatic amines is 2. The van der Waals surface area contributed by atoms with E-state index < -0.39 is 5.91 Å². The fourth-order valence-electron chi connectivity index (χ4n) is 3.01. The first-order chi connectivity index (χ1) is 15.3. The molecular weight excluding hydrogens is 404 g/mol. The lowest BCUT2D eigenvalue weighted by Gasteiger charge is -2.06. The molecule has 3 heterocycles. The Morgan fingerprint density at radius 3 is 2.66 bits per heavy atom. The van der Waals surface area contributed by atoms with Gasteiger partial charge < -0.3 is 9.97 Å². The third-order valence-electron chi connectivity index (χ3n) is 4.48. The number of aromatic nitrogens is 5. The van der Waals surface area contributed by atoms with E-state index in [-0.39, 0.29) is 29.3 Å². The smallest absolute Gasteiger partial charge is 0.276 e. The van der Waals surface area contributed by atoms with Crippen molar-refractivity contribution in [2.45, 2.75) is 27.2 Å². The molecule has 32 heavy (non-hydrogen) atoms. The molecule has 4 aromatic rings. The lowest BCUT2D eigenvalue weighted by molar-refractivity contribution is 0.0990. The quantitative estimate of drug-likeness (QED) is 0.332. The highest BCUT2D eigenvalue weighted by Crippen LogP contribution is 2.20. The summed E-state index contributed by atoms with van der Waals surface area (Å²) in [4.78, 5) is 44.2. The molecule has 0 aliphatic carbocycles. The number of rotatable bonds is 5. The third kappa shape index (κ3) is 4.90. The highest BCUT2D eigenvalue weighted by atomic mass is 16.2. The van der Waals surface area contributed by atoms with Crippen molar-refractivity contribution in [1.82, 2.24) is 24.9 Å². The number of hydrogen-bond donors (Lipinski definition) is 3. The van der Waals surface area contributed by atoms with E-state index in [4.69, 9.17) is 0 Å². The molecule has 0 fully saturated rings. The molecule has 0 saturated heterocycles.